The highest BCUT2D eigenvalue weighted by Crippen LogP contribution is 2.38. The van der Waals surface area contributed by atoms with Crippen LogP contribution in [0, 0.1) is 0 Å². The number of carboxylic acids is 1. The number of hydrogen-bond acceptors (Lipinski definition) is 2. The average Bonchev–Trinajstić information content (AvgIpc) is 3.10. The van der Waals surface area contributed by atoms with Gasteiger partial charge in [-0.1, -0.05) is 83.9 Å². The second-order valence-electron chi connectivity index (χ2n) is 6.89. The molecule has 4 nitrogen and oxygen atoms in total. The zero-order valence-corrected chi connectivity index (χ0v) is 17.4. The Labute approximate surface area is 184 Å². The lowest BCUT2D eigenvalue weighted by Gasteiger charge is -2.14. The van der Waals surface area contributed by atoms with Crippen molar-refractivity contribution in [3.63, 3.8) is 0 Å². The topological polar surface area (TPSA) is 55.1 Å². The van der Waals surface area contributed by atoms with Crippen LogP contribution in [0.2, 0.25) is 10.2 Å². The van der Waals surface area contributed by atoms with E-state index in [4.69, 9.17) is 28.3 Å². The van der Waals surface area contributed by atoms with Gasteiger partial charge in [-0.3, -0.25) is 4.79 Å². The van der Waals surface area contributed by atoms with Crippen LogP contribution in [0.5, 0.6) is 0 Å². The first-order valence-corrected chi connectivity index (χ1v) is 10.2. The lowest BCUT2D eigenvalue weighted by molar-refractivity contribution is -0.138. The Morgan fingerprint density at radius 1 is 0.900 bits per heavy atom. The maximum absolute atomic E-state index is 12.3. The van der Waals surface area contributed by atoms with Crippen LogP contribution in [0.15, 0.2) is 84.9 Å². The molecule has 0 saturated heterocycles. The monoisotopic (exact) mass is 436 g/mol. The molecule has 0 aliphatic carbocycles. The van der Waals surface area contributed by atoms with Crippen LogP contribution in [0.3, 0.4) is 0 Å². The normalized spacial score (nSPS) is 11.9. The second kappa shape index (κ2) is 8.74. The number of carboxylic acid groups (broad SMARTS) is 1. The van der Waals surface area contributed by atoms with Gasteiger partial charge in [0.2, 0.25) is 0 Å². The van der Waals surface area contributed by atoms with Gasteiger partial charge in [0.05, 0.1) is 17.3 Å². The van der Waals surface area contributed by atoms with E-state index in [0.717, 1.165) is 16.8 Å². The van der Waals surface area contributed by atoms with Gasteiger partial charge >= 0.3 is 5.97 Å². The fraction of sp³-hybridized carbons (Fsp3) is 0.0833. The molecular formula is C24H18Cl2N2O2. The molecule has 0 bridgehead atoms. The van der Waals surface area contributed by atoms with E-state index in [2.05, 4.69) is 0 Å². The fourth-order valence-electron chi connectivity index (χ4n) is 3.44. The van der Waals surface area contributed by atoms with Crippen LogP contribution < -0.4 is 0 Å². The number of carbonyl (C=O) groups is 1. The quantitative estimate of drug-likeness (QED) is 0.388. The number of aliphatic carboxylic acids is 1. The van der Waals surface area contributed by atoms with Crippen molar-refractivity contribution in [3.8, 4) is 16.9 Å². The number of para-hydroxylation sites is 1. The first-order valence-electron chi connectivity index (χ1n) is 9.41. The number of rotatable bonds is 6. The summed E-state index contributed by atoms with van der Waals surface area (Å²) in [6, 6.07) is 26.1. The maximum atomic E-state index is 12.3. The zero-order valence-electron chi connectivity index (χ0n) is 15.9. The molecular weight excluding hydrogens is 419 g/mol. The number of aromatic nitrogens is 2. The average molecular weight is 437 g/mol. The van der Waals surface area contributed by atoms with Crippen molar-refractivity contribution >= 4 is 29.2 Å². The summed E-state index contributed by atoms with van der Waals surface area (Å²) in [6.07, 6.45) is 0.303. The molecule has 3 aromatic carbocycles. The first kappa shape index (κ1) is 20.2. The molecule has 1 heterocycles. The van der Waals surface area contributed by atoms with Crippen molar-refractivity contribution < 1.29 is 9.90 Å². The summed E-state index contributed by atoms with van der Waals surface area (Å²) in [4.78, 5) is 12.3. The standard InChI is InChI=1S/C24H18Cl2N2O2/c25-18-13-11-17(12-14-18)22-21(20(24(29)30)15-16-7-3-1-4-8-16)23(26)28(27-22)19-9-5-2-6-10-19/h1-14,20H,15H2,(H,29,30). The third-order valence-corrected chi connectivity index (χ3v) is 5.53. The van der Waals surface area contributed by atoms with Crippen LogP contribution in [-0.2, 0) is 11.2 Å². The molecule has 1 N–H and O–H groups in total. The van der Waals surface area contributed by atoms with Gasteiger partial charge in [-0.2, -0.15) is 5.10 Å². The smallest absolute Gasteiger partial charge is 0.311 e. The molecule has 0 saturated carbocycles. The minimum absolute atomic E-state index is 0.287. The Balaban J connectivity index is 1.90. The van der Waals surface area contributed by atoms with Crippen molar-refractivity contribution in [2.45, 2.75) is 12.3 Å². The van der Waals surface area contributed by atoms with E-state index in [1.807, 2.05) is 72.8 Å². The SMILES string of the molecule is O=C(O)C(Cc1ccccc1)c1c(-c2ccc(Cl)cc2)nn(-c2ccccc2)c1Cl. The Bertz CT molecular complexity index is 1160. The molecule has 0 amide bonds. The lowest BCUT2D eigenvalue weighted by atomic mass is 9.90. The highest BCUT2D eigenvalue weighted by atomic mass is 35.5. The molecule has 0 spiro atoms. The molecule has 150 valence electrons. The molecule has 30 heavy (non-hydrogen) atoms. The van der Waals surface area contributed by atoms with E-state index in [0.29, 0.717) is 22.7 Å². The Hall–Kier alpha value is -3.08. The van der Waals surface area contributed by atoms with Crippen LogP contribution in [-0.4, -0.2) is 20.9 Å². The Morgan fingerprint density at radius 2 is 1.50 bits per heavy atom. The minimum Gasteiger partial charge on any atom is -0.481 e. The van der Waals surface area contributed by atoms with Crippen molar-refractivity contribution in [2.75, 3.05) is 0 Å². The molecule has 0 fully saturated rings. The number of halogens is 2. The molecule has 4 rings (SSSR count). The number of nitrogens with zero attached hydrogens (tertiary/aromatic N) is 2. The van der Waals surface area contributed by atoms with Crippen molar-refractivity contribution in [1.29, 1.82) is 0 Å². The summed E-state index contributed by atoms with van der Waals surface area (Å²) in [5, 5.41) is 15.7. The van der Waals surface area contributed by atoms with Crippen molar-refractivity contribution in [1.82, 2.24) is 9.78 Å². The molecule has 1 unspecified atom stereocenters. The predicted molar refractivity (Wildman–Crippen MR) is 120 cm³/mol. The van der Waals surface area contributed by atoms with E-state index >= 15 is 0 Å². The van der Waals surface area contributed by atoms with Gasteiger partial charge in [0.1, 0.15) is 5.15 Å². The summed E-state index contributed by atoms with van der Waals surface area (Å²) in [5.74, 6) is -1.81. The van der Waals surface area contributed by atoms with E-state index in [9.17, 15) is 9.90 Å². The molecule has 6 heteroatoms. The number of benzene rings is 3. The summed E-state index contributed by atoms with van der Waals surface area (Å²) in [5.41, 5.74) is 3.44. The van der Waals surface area contributed by atoms with Crippen LogP contribution >= 0.6 is 23.2 Å². The second-order valence-corrected chi connectivity index (χ2v) is 7.68. The molecule has 0 aliphatic rings. The van der Waals surface area contributed by atoms with E-state index < -0.39 is 11.9 Å². The highest BCUT2D eigenvalue weighted by Gasteiger charge is 2.31. The van der Waals surface area contributed by atoms with E-state index in [-0.39, 0.29) is 5.15 Å². The maximum Gasteiger partial charge on any atom is 0.311 e. The summed E-state index contributed by atoms with van der Waals surface area (Å²) < 4.78 is 1.59. The van der Waals surface area contributed by atoms with Crippen LogP contribution in [0.4, 0.5) is 0 Å². The fourth-order valence-corrected chi connectivity index (χ4v) is 3.92. The van der Waals surface area contributed by atoms with Crippen LogP contribution in [0.1, 0.15) is 17.0 Å². The van der Waals surface area contributed by atoms with Gasteiger partial charge < -0.3 is 5.11 Å². The third kappa shape index (κ3) is 4.11. The molecule has 0 aliphatic heterocycles. The van der Waals surface area contributed by atoms with E-state index in [1.165, 1.54) is 0 Å². The largest absolute Gasteiger partial charge is 0.481 e. The molecule has 1 aromatic heterocycles. The van der Waals surface area contributed by atoms with Gasteiger partial charge in [0.25, 0.3) is 0 Å². The Morgan fingerprint density at radius 3 is 2.10 bits per heavy atom. The zero-order chi connectivity index (χ0) is 21.1. The summed E-state index contributed by atoms with van der Waals surface area (Å²) in [6.45, 7) is 0. The van der Waals surface area contributed by atoms with Crippen LogP contribution in [0.25, 0.3) is 16.9 Å². The molecule has 4 aromatic rings. The van der Waals surface area contributed by atoms with Gasteiger partial charge in [0, 0.05) is 16.1 Å². The molecule has 1 atom stereocenters. The minimum atomic E-state index is -0.955. The van der Waals surface area contributed by atoms with Gasteiger partial charge in [-0.05, 0) is 36.2 Å². The lowest BCUT2D eigenvalue weighted by Crippen LogP contribution is -2.15. The predicted octanol–water partition coefficient (Wildman–Crippen LogP) is 6.26. The highest BCUT2D eigenvalue weighted by molar-refractivity contribution is 6.31. The van der Waals surface area contributed by atoms with Gasteiger partial charge in [0.15, 0.2) is 0 Å². The third-order valence-electron chi connectivity index (χ3n) is 4.91. The molecule has 0 radical (unpaired) electrons. The number of hydrogen-bond donors (Lipinski definition) is 1. The van der Waals surface area contributed by atoms with Crippen molar-refractivity contribution in [3.05, 3.63) is 106 Å². The van der Waals surface area contributed by atoms with Gasteiger partial charge in [-0.15, -0.1) is 0 Å². The summed E-state index contributed by atoms with van der Waals surface area (Å²) in [7, 11) is 0. The van der Waals surface area contributed by atoms with Crippen molar-refractivity contribution in [2.24, 2.45) is 0 Å². The van der Waals surface area contributed by atoms with Gasteiger partial charge in [-0.25, -0.2) is 4.68 Å². The first-order chi connectivity index (χ1) is 14.5. The Kier molecular flexibility index (Phi) is 5.88. The summed E-state index contributed by atoms with van der Waals surface area (Å²) >= 11 is 12.8. The van der Waals surface area contributed by atoms with E-state index in [1.54, 1.807) is 16.8 Å².